The molecule has 94 valence electrons. The SMILES string of the molecule is CCNC(C1CCc2cccnc21)C(C)(C)C. The van der Waals surface area contributed by atoms with Crippen LogP contribution in [0, 0.1) is 5.41 Å². The molecule has 0 radical (unpaired) electrons. The zero-order chi connectivity index (χ0) is 12.5. The van der Waals surface area contributed by atoms with Gasteiger partial charge in [-0.15, -0.1) is 0 Å². The maximum Gasteiger partial charge on any atom is 0.0482 e. The van der Waals surface area contributed by atoms with Crippen molar-refractivity contribution in [2.24, 2.45) is 5.41 Å². The Morgan fingerprint density at radius 1 is 1.47 bits per heavy atom. The van der Waals surface area contributed by atoms with Gasteiger partial charge in [-0.1, -0.05) is 33.8 Å². The average molecular weight is 232 g/mol. The van der Waals surface area contributed by atoms with Gasteiger partial charge in [0.15, 0.2) is 0 Å². The number of likely N-dealkylation sites (N-methyl/N-ethyl adjacent to an activating group) is 1. The molecule has 0 saturated carbocycles. The molecule has 1 heterocycles. The third-order valence-corrected chi connectivity index (χ3v) is 3.76. The fourth-order valence-electron chi connectivity index (χ4n) is 3.04. The van der Waals surface area contributed by atoms with Crippen LogP contribution in [-0.2, 0) is 6.42 Å². The second-order valence-corrected chi connectivity index (χ2v) is 6.09. The van der Waals surface area contributed by atoms with Crippen molar-refractivity contribution in [1.82, 2.24) is 10.3 Å². The summed E-state index contributed by atoms with van der Waals surface area (Å²) < 4.78 is 0. The molecule has 2 rings (SSSR count). The van der Waals surface area contributed by atoms with E-state index in [1.54, 1.807) is 0 Å². The summed E-state index contributed by atoms with van der Waals surface area (Å²) >= 11 is 0. The minimum Gasteiger partial charge on any atom is -0.313 e. The second-order valence-electron chi connectivity index (χ2n) is 6.09. The molecule has 0 aliphatic heterocycles. The largest absolute Gasteiger partial charge is 0.313 e. The Morgan fingerprint density at radius 3 is 2.88 bits per heavy atom. The van der Waals surface area contributed by atoms with Gasteiger partial charge in [0.25, 0.3) is 0 Å². The maximum atomic E-state index is 4.62. The Bertz CT molecular complexity index is 379. The van der Waals surface area contributed by atoms with Gasteiger partial charge < -0.3 is 5.32 Å². The van der Waals surface area contributed by atoms with Gasteiger partial charge in [0.1, 0.15) is 0 Å². The van der Waals surface area contributed by atoms with Crippen LogP contribution in [-0.4, -0.2) is 17.6 Å². The molecule has 1 aliphatic carbocycles. The molecule has 0 aromatic carbocycles. The molecular formula is C15H24N2. The minimum absolute atomic E-state index is 0.278. The summed E-state index contributed by atoms with van der Waals surface area (Å²) in [6.07, 6.45) is 4.36. The van der Waals surface area contributed by atoms with Crippen LogP contribution in [0.1, 0.15) is 51.3 Å². The lowest BCUT2D eigenvalue weighted by Crippen LogP contribution is -2.44. The van der Waals surface area contributed by atoms with E-state index < -0.39 is 0 Å². The lowest BCUT2D eigenvalue weighted by Gasteiger charge is -2.36. The van der Waals surface area contributed by atoms with Gasteiger partial charge in [-0.2, -0.15) is 0 Å². The Hall–Kier alpha value is -0.890. The molecule has 2 atom stereocenters. The number of hydrogen-bond donors (Lipinski definition) is 1. The molecular weight excluding hydrogens is 208 g/mol. The molecule has 1 aromatic heterocycles. The van der Waals surface area contributed by atoms with E-state index in [9.17, 15) is 0 Å². The Labute approximate surface area is 105 Å². The molecule has 17 heavy (non-hydrogen) atoms. The van der Waals surface area contributed by atoms with Crippen LogP contribution in [0.25, 0.3) is 0 Å². The number of aryl methyl sites for hydroxylation is 1. The first-order valence-corrected chi connectivity index (χ1v) is 6.71. The summed E-state index contributed by atoms with van der Waals surface area (Å²) in [7, 11) is 0. The Morgan fingerprint density at radius 2 is 2.24 bits per heavy atom. The summed E-state index contributed by atoms with van der Waals surface area (Å²) in [6.45, 7) is 10.2. The lowest BCUT2D eigenvalue weighted by molar-refractivity contribution is 0.231. The minimum atomic E-state index is 0.278. The highest BCUT2D eigenvalue weighted by Crippen LogP contribution is 2.39. The van der Waals surface area contributed by atoms with E-state index in [0.29, 0.717) is 12.0 Å². The topological polar surface area (TPSA) is 24.9 Å². The number of fused-ring (bicyclic) bond motifs is 1. The van der Waals surface area contributed by atoms with Crippen molar-refractivity contribution in [2.45, 2.75) is 52.5 Å². The normalized spacial score (nSPS) is 21.3. The molecule has 1 aliphatic rings. The standard InChI is InChI=1S/C15H24N2/c1-5-16-14(15(2,3)4)12-9-8-11-7-6-10-17-13(11)12/h6-7,10,12,14,16H,5,8-9H2,1-4H3. The molecule has 1 N–H and O–H groups in total. The molecule has 0 spiro atoms. The van der Waals surface area contributed by atoms with Crippen LogP contribution < -0.4 is 5.32 Å². The Kier molecular flexibility index (Phi) is 3.53. The predicted octanol–water partition coefficient (Wildman–Crippen LogP) is 3.14. The van der Waals surface area contributed by atoms with E-state index in [4.69, 9.17) is 0 Å². The molecule has 0 amide bonds. The fourth-order valence-corrected chi connectivity index (χ4v) is 3.04. The summed E-state index contributed by atoms with van der Waals surface area (Å²) in [5.41, 5.74) is 3.05. The number of rotatable bonds is 3. The number of nitrogens with one attached hydrogen (secondary N) is 1. The summed E-state index contributed by atoms with van der Waals surface area (Å²) in [5, 5.41) is 3.67. The maximum absolute atomic E-state index is 4.62. The summed E-state index contributed by atoms with van der Waals surface area (Å²) in [5.74, 6) is 0.575. The molecule has 0 fully saturated rings. The first-order chi connectivity index (χ1) is 8.04. The van der Waals surface area contributed by atoms with E-state index >= 15 is 0 Å². The highest BCUT2D eigenvalue weighted by atomic mass is 14.9. The molecule has 2 unspecified atom stereocenters. The zero-order valence-corrected chi connectivity index (χ0v) is 11.5. The van der Waals surface area contributed by atoms with Crippen LogP contribution >= 0.6 is 0 Å². The zero-order valence-electron chi connectivity index (χ0n) is 11.5. The molecule has 0 bridgehead atoms. The van der Waals surface area contributed by atoms with Crippen molar-refractivity contribution >= 4 is 0 Å². The first kappa shape index (κ1) is 12.6. The molecule has 0 saturated heterocycles. The smallest absolute Gasteiger partial charge is 0.0482 e. The van der Waals surface area contributed by atoms with Gasteiger partial charge in [-0.25, -0.2) is 0 Å². The first-order valence-electron chi connectivity index (χ1n) is 6.71. The lowest BCUT2D eigenvalue weighted by atomic mass is 9.77. The van der Waals surface area contributed by atoms with Gasteiger partial charge in [-0.3, -0.25) is 4.98 Å². The van der Waals surface area contributed by atoms with Crippen molar-refractivity contribution in [3.8, 4) is 0 Å². The van der Waals surface area contributed by atoms with Crippen molar-refractivity contribution in [3.63, 3.8) is 0 Å². The number of pyridine rings is 1. The van der Waals surface area contributed by atoms with Gasteiger partial charge in [0.05, 0.1) is 0 Å². The van der Waals surface area contributed by atoms with Crippen molar-refractivity contribution in [2.75, 3.05) is 6.54 Å². The van der Waals surface area contributed by atoms with E-state index in [1.165, 1.54) is 24.1 Å². The van der Waals surface area contributed by atoms with Crippen LogP contribution in [0.3, 0.4) is 0 Å². The van der Waals surface area contributed by atoms with Crippen LogP contribution in [0.2, 0.25) is 0 Å². The van der Waals surface area contributed by atoms with Crippen LogP contribution in [0.5, 0.6) is 0 Å². The second kappa shape index (κ2) is 4.77. The molecule has 2 heteroatoms. The van der Waals surface area contributed by atoms with Crippen LogP contribution in [0.4, 0.5) is 0 Å². The molecule has 1 aromatic rings. The van der Waals surface area contributed by atoms with E-state index in [1.807, 2.05) is 6.20 Å². The van der Waals surface area contributed by atoms with Crippen molar-refractivity contribution in [1.29, 1.82) is 0 Å². The molecule has 2 nitrogen and oxygen atoms in total. The highest BCUT2D eigenvalue weighted by molar-refractivity contribution is 5.30. The van der Waals surface area contributed by atoms with E-state index in [-0.39, 0.29) is 5.41 Å². The highest BCUT2D eigenvalue weighted by Gasteiger charge is 2.36. The van der Waals surface area contributed by atoms with Crippen LogP contribution in [0.15, 0.2) is 18.3 Å². The van der Waals surface area contributed by atoms with Gasteiger partial charge in [-0.05, 0) is 36.4 Å². The summed E-state index contributed by atoms with van der Waals surface area (Å²) in [4.78, 5) is 4.62. The predicted molar refractivity (Wildman–Crippen MR) is 72.2 cm³/mol. The average Bonchev–Trinajstić information content (AvgIpc) is 2.68. The third-order valence-electron chi connectivity index (χ3n) is 3.76. The number of aromatic nitrogens is 1. The fraction of sp³-hybridized carbons (Fsp3) is 0.667. The van der Waals surface area contributed by atoms with Gasteiger partial charge in [0, 0.05) is 23.9 Å². The van der Waals surface area contributed by atoms with Crippen molar-refractivity contribution in [3.05, 3.63) is 29.6 Å². The van der Waals surface area contributed by atoms with Crippen molar-refractivity contribution < 1.29 is 0 Å². The van der Waals surface area contributed by atoms with E-state index in [2.05, 4.69) is 50.1 Å². The monoisotopic (exact) mass is 232 g/mol. The number of hydrogen-bond acceptors (Lipinski definition) is 2. The van der Waals surface area contributed by atoms with E-state index in [0.717, 1.165) is 6.54 Å². The quantitative estimate of drug-likeness (QED) is 0.866. The number of nitrogens with zero attached hydrogens (tertiary/aromatic N) is 1. The third kappa shape index (κ3) is 2.52. The van der Waals surface area contributed by atoms with Gasteiger partial charge in [0.2, 0.25) is 0 Å². The summed E-state index contributed by atoms with van der Waals surface area (Å²) in [6, 6.07) is 4.80. The van der Waals surface area contributed by atoms with Gasteiger partial charge >= 0.3 is 0 Å². The Balaban J connectivity index is 2.28.